The van der Waals surface area contributed by atoms with Gasteiger partial charge in [-0.2, -0.15) is 5.10 Å². The minimum atomic E-state index is -1.33. The number of carbonyl (C=O) groups excluding carboxylic acids is 1. The second kappa shape index (κ2) is 9.79. The maximum atomic E-state index is 15.3. The van der Waals surface area contributed by atoms with Crippen molar-refractivity contribution in [1.82, 2.24) is 29.5 Å². The second-order valence-corrected chi connectivity index (χ2v) is 10.7. The van der Waals surface area contributed by atoms with Crippen LogP contribution in [0.4, 0.5) is 8.78 Å². The molecule has 7 rings (SSSR count). The molecule has 0 spiro atoms. The van der Waals surface area contributed by atoms with Gasteiger partial charge in [0.1, 0.15) is 23.4 Å². The van der Waals surface area contributed by atoms with Crippen LogP contribution in [0.3, 0.4) is 0 Å². The highest BCUT2D eigenvalue weighted by Crippen LogP contribution is 2.48. The number of benzene rings is 2. The first-order valence-corrected chi connectivity index (χ1v) is 13.5. The fourth-order valence-electron chi connectivity index (χ4n) is 5.82. The highest BCUT2D eigenvalue weighted by molar-refractivity contribution is 5.94. The zero-order chi connectivity index (χ0) is 29.1. The van der Waals surface area contributed by atoms with Crippen LogP contribution in [0.25, 0.3) is 28.3 Å². The molecule has 1 saturated carbocycles. The lowest BCUT2D eigenvalue weighted by Gasteiger charge is -2.36. The third-order valence-electron chi connectivity index (χ3n) is 8.15. The summed E-state index contributed by atoms with van der Waals surface area (Å²) >= 11 is 0. The summed E-state index contributed by atoms with van der Waals surface area (Å²) in [6.07, 6.45) is 3.69. The number of nitrogens with zero attached hydrogens (tertiary/aromatic N) is 6. The van der Waals surface area contributed by atoms with Crippen LogP contribution < -0.4 is 0 Å². The Labute approximate surface area is 238 Å². The lowest BCUT2D eigenvalue weighted by molar-refractivity contribution is -0.138. The van der Waals surface area contributed by atoms with E-state index in [0.29, 0.717) is 28.9 Å². The molecule has 1 N–H and O–H groups in total. The van der Waals surface area contributed by atoms with Crippen LogP contribution >= 0.6 is 0 Å². The van der Waals surface area contributed by atoms with Gasteiger partial charge in [0.05, 0.1) is 36.1 Å². The summed E-state index contributed by atoms with van der Waals surface area (Å²) in [6.45, 7) is 1.74. The van der Waals surface area contributed by atoms with Crippen molar-refractivity contribution < 1.29 is 23.5 Å². The number of carboxylic acid groups (broad SMARTS) is 1. The van der Waals surface area contributed by atoms with Crippen molar-refractivity contribution in [2.24, 2.45) is 5.92 Å². The quantitative estimate of drug-likeness (QED) is 0.303. The van der Waals surface area contributed by atoms with Gasteiger partial charge in [0.25, 0.3) is 5.91 Å². The van der Waals surface area contributed by atoms with E-state index in [9.17, 15) is 14.7 Å². The van der Waals surface area contributed by atoms with Crippen molar-refractivity contribution in [3.63, 3.8) is 0 Å². The minimum Gasteiger partial charge on any atom is -0.481 e. The number of hydrogen-bond acceptors (Lipinski definition) is 6. The Morgan fingerprint density at radius 3 is 2.55 bits per heavy atom. The summed E-state index contributed by atoms with van der Waals surface area (Å²) in [5.74, 6) is -2.59. The van der Waals surface area contributed by atoms with Crippen molar-refractivity contribution in [3.8, 4) is 22.6 Å². The molecule has 1 amide bonds. The molecule has 0 saturated heterocycles. The van der Waals surface area contributed by atoms with Crippen LogP contribution in [0, 0.1) is 11.7 Å². The Hall–Kier alpha value is -5.06. The van der Waals surface area contributed by atoms with Crippen LogP contribution in [0.5, 0.6) is 0 Å². The molecule has 1 aliphatic carbocycles. The van der Waals surface area contributed by atoms with Gasteiger partial charge in [-0.3, -0.25) is 19.6 Å². The molecule has 210 valence electrons. The number of halogens is 2. The number of aliphatic carboxylic acids is 1. The van der Waals surface area contributed by atoms with Gasteiger partial charge in [0.15, 0.2) is 5.65 Å². The van der Waals surface area contributed by atoms with E-state index in [-0.39, 0.29) is 41.1 Å². The Morgan fingerprint density at radius 1 is 1.02 bits per heavy atom. The van der Waals surface area contributed by atoms with Crippen molar-refractivity contribution in [2.75, 3.05) is 6.54 Å². The number of rotatable bonds is 5. The summed E-state index contributed by atoms with van der Waals surface area (Å²) in [5.41, 5.74) is 3.58. The molecule has 1 aliphatic heterocycles. The van der Waals surface area contributed by atoms with Crippen molar-refractivity contribution in [3.05, 3.63) is 101 Å². The number of fused-ring (bicyclic) bond motifs is 2. The molecule has 1 fully saturated rings. The summed E-state index contributed by atoms with van der Waals surface area (Å²) in [7, 11) is 0. The molecule has 42 heavy (non-hydrogen) atoms. The standard InChI is InChI=1S/C31H24F2N6O3/c1-16-18-4-2-3-5-19(18)24(33)15-38(16)30(40)26-12-28(27-14-34-8-9-35-27)39-29(36-26)13-25(37-39)20-7-6-17(10-23(20)32)21-11-22(21)31(41)42/h2-10,12-14,16,21-22,24H,11,15H2,1H3,(H,41,42)/t16-,21-,22+,24?/m1/s1. The average Bonchev–Trinajstić information content (AvgIpc) is 3.71. The summed E-state index contributed by atoms with van der Waals surface area (Å²) in [4.78, 5) is 39.6. The average molecular weight is 567 g/mol. The Morgan fingerprint density at radius 2 is 1.83 bits per heavy atom. The van der Waals surface area contributed by atoms with Gasteiger partial charge in [0.2, 0.25) is 0 Å². The number of carboxylic acids is 1. The Kier molecular flexibility index (Phi) is 6.03. The zero-order valence-electron chi connectivity index (χ0n) is 22.4. The third-order valence-corrected chi connectivity index (χ3v) is 8.15. The lowest BCUT2D eigenvalue weighted by Crippen LogP contribution is -2.40. The van der Waals surface area contributed by atoms with Gasteiger partial charge in [-0.05, 0) is 54.2 Å². The number of amides is 1. The van der Waals surface area contributed by atoms with E-state index >= 15 is 8.78 Å². The predicted octanol–water partition coefficient (Wildman–Crippen LogP) is 5.41. The molecular weight excluding hydrogens is 542 g/mol. The number of carbonyl (C=O) groups is 2. The molecule has 2 aliphatic rings. The van der Waals surface area contributed by atoms with Crippen molar-refractivity contribution in [1.29, 1.82) is 0 Å². The largest absolute Gasteiger partial charge is 0.481 e. The van der Waals surface area contributed by atoms with Crippen LogP contribution in [0.1, 0.15) is 58.7 Å². The van der Waals surface area contributed by atoms with Crippen LogP contribution in [0.15, 0.2) is 73.2 Å². The monoisotopic (exact) mass is 566 g/mol. The normalized spacial score (nSPS) is 21.3. The van der Waals surface area contributed by atoms with Crippen LogP contribution in [-0.4, -0.2) is 53.0 Å². The summed E-state index contributed by atoms with van der Waals surface area (Å²) < 4.78 is 31.9. The fourth-order valence-corrected chi connectivity index (χ4v) is 5.82. The highest BCUT2D eigenvalue weighted by atomic mass is 19.1. The molecule has 5 aromatic rings. The van der Waals surface area contributed by atoms with E-state index in [1.54, 1.807) is 30.3 Å². The molecule has 2 aromatic carbocycles. The van der Waals surface area contributed by atoms with Crippen LogP contribution in [-0.2, 0) is 4.79 Å². The van der Waals surface area contributed by atoms with Gasteiger partial charge in [-0.25, -0.2) is 18.3 Å². The molecule has 1 unspecified atom stereocenters. The molecule has 3 aromatic heterocycles. The third kappa shape index (κ3) is 4.28. The van der Waals surface area contributed by atoms with E-state index < -0.39 is 29.8 Å². The number of aromatic nitrogens is 5. The van der Waals surface area contributed by atoms with E-state index in [1.807, 2.05) is 19.1 Å². The van der Waals surface area contributed by atoms with Gasteiger partial charge in [0, 0.05) is 24.0 Å². The topological polar surface area (TPSA) is 114 Å². The Bertz CT molecular complexity index is 1880. The molecule has 0 bridgehead atoms. The molecule has 0 radical (unpaired) electrons. The van der Waals surface area contributed by atoms with Crippen molar-refractivity contribution >= 4 is 17.5 Å². The number of alkyl halides is 1. The first-order valence-electron chi connectivity index (χ1n) is 13.5. The zero-order valence-corrected chi connectivity index (χ0v) is 22.4. The van der Waals surface area contributed by atoms with Gasteiger partial charge >= 0.3 is 5.97 Å². The summed E-state index contributed by atoms with van der Waals surface area (Å²) in [6, 6.07) is 14.5. The first kappa shape index (κ1) is 25.9. The van der Waals surface area contributed by atoms with Gasteiger partial charge < -0.3 is 10.0 Å². The van der Waals surface area contributed by atoms with E-state index in [0.717, 1.165) is 5.56 Å². The van der Waals surface area contributed by atoms with E-state index in [4.69, 9.17) is 0 Å². The van der Waals surface area contributed by atoms with Crippen LogP contribution in [0.2, 0.25) is 0 Å². The molecule has 4 atom stereocenters. The maximum Gasteiger partial charge on any atom is 0.307 e. The molecule has 11 heteroatoms. The predicted molar refractivity (Wildman–Crippen MR) is 148 cm³/mol. The summed E-state index contributed by atoms with van der Waals surface area (Å²) in [5, 5.41) is 13.8. The Balaban J connectivity index is 1.30. The first-order chi connectivity index (χ1) is 20.3. The molecular formula is C31H24F2N6O3. The fraction of sp³-hybridized carbons (Fsp3) is 0.226. The second-order valence-electron chi connectivity index (χ2n) is 10.7. The van der Waals surface area contributed by atoms with Crippen molar-refractivity contribution in [2.45, 2.75) is 31.5 Å². The van der Waals surface area contributed by atoms with Gasteiger partial charge in [-0.1, -0.05) is 30.3 Å². The minimum absolute atomic E-state index is 0.0669. The molecule has 4 heterocycles. The SMILES string of the molecule is C[C@@H]1c2ccccc2C(F)CN1C(=O)c1cc(-c2cnccn2)n2nc(-c3ccc([C@H]4C[C@@H]4C(=O)O)cc3F)cc2n1. The molecule has 9 nitrogen and oxygen atoms in total. The van der Waals surface area contributed by atoms with E-state index in [1.165, 1.54) is 40.1 Å². The van der Waals surface area contributed by atoms with E-state index in [2.05, 4.69) is 20.1 Å². The smallest absolute Gasteiger partial charge is 0.307 e. The number of hydrogen-bond donors (Lipinski definition) is 1. The maximum absolute atomic E-state index is 15.3. The highest BCUT2D eigenvalue weighted by Gasteiger charge is 2.44. The van der Waals surface area contributed by atoms with Gasteiger partial charge in [-0.15, -0.1) is 0 Å². The lowest BCUT2D eigenvalue weighted by atomic mass is 9.92.